The summed E-state index contributed by atoms with van der Waals surface area (Å²) in [6.45, 7) is 6.64. The monoisotopic (exact) mass is 186 g/mol. The highest BCUT2D eigenvalue weighted by molar-refractivity contribution is 4.84. The number of likely N-dealkylation sites (tertiary alicyclic amines) is 1. The Morgan fingerprint density at radius 2 is 2.31 bits per heavy atom. The van der Waals surface area contributed by atoms with Crippen LogP contribution in [0.2, 0.25) is 0 Å². The van der Waals surface area contributed by atoms with Crippen LogP contribution in [0.5, 0.6) is 0 Å². The Morgan fingerprint density at radius 1 is 1.54 bits per heavy atom. The number of hydrogen-bond acceptors (Lipinski definition) is 3. The summed E-state index contributed by atoms with van der Waals surface area (Å²) in [7, 11) is 3.80. The molecule has 3 nitrogen and oxygen atoms in total. The van der Waals surface area contributed by atoms with Crippen molar-refractivity contribution >= 4 is 0 Å². The molecule has 1 fully saturated rings. The van der Waals surface area contributed by atoms with Crippen LogP contribution in [0.4, 0.5) is 0 Å². The van der Waals surface area contributed by atoms with Crippen molar-refractivity contribution in [2.75, 3.05) is 40.4 Å². The maximum absolute atomic E-state index is 5.09. The first-order chi connectivity index (χ1) is 6.29. The van der Waals surface area contributed by atoms with E-state index < -0.39 is 0 Å². The summed E-state index contributed by atoms with van der Waals surface area (Å²) in [6.07, 6.45) is 1.33. The number of ether oxygens (including phenoxy) is 1. The quantitative estimate of drug-likeness (QED) is 0.679. The molecule has 0 spiro atoms. The highest BCUT2D eigenvalue weighted by atomic mass is 16.5. The molecule has 1 aliphatic rings. The van der Waals surface area contributed by atoms with Crippen molar-refractivity contribution in [2.45, 2.75) is 19.4 Å². The average molecular weight is 186 g/mol. The van der Waals surface area contributed by atoms with E-state index in [0.717, 1.165) is 25.6 Å². The fourth-order valence-corrected chi connectivity index (χ4v) is 2.13. The Balaban J connectivity index is 2.27. The second kappa shape index (κ2) is 5.58. The minimum Gasteiger partial charge on any atom is -0.383 e. The normalized spacial score (nSPS) is 29.8. The van der Waals surface area contributed by atoms with Crippen LogP contribution in [0, 0.1) is 5.92 Å². The van der Waals surface area contributed by atoms with Crippen molar-refractivity contribution < 1.29 is 4.74 Å². The molecule has 0 amide bonds. The Morgan fingerprint density at radius 3 is 2.92 bits per heavy atom. The van der Waals surface area contributed by atoms with Crippen LogP contribution in [0.1, 0.15) is 13.3 Å². The van der Waals surface area contributed by atoms with Crippen LogP contribution in [-0.4, -0.2) is 51.3 Å². The summed E-state index contributed by atoms with van der Waals surface area (Å²) in [5.74, 6) is 0.821. The molecule has 3 heteroatoms. The second-order valence-electron chi connectivity index (χ2n) is 3.88. The van der Waals surface area contributed by atoms with Gasteiger partial charge in [0.2, 0.25) is 0 Å². The zero-order valence-electron chi connectivity index (χ0n) is 9.05. The lowest BCUT2D eigenvalue weighted by atomic mass is 10.0. The van der Waals surface area contributed by atoms with Crippen molar-refractivity contribution in [1.82, 2.24) is 10.2 Å². The zero-order chi connectivity index (χ0) is 9.68. The minimum absolute atomic E-state index is 0.711. The lowest BCUT2D eigenvalue weighted by Gasteiger charge is -2.24. The van der Waals surface area contributed by atoms with Gasteiger partial charge in [-0.3, -0.25) is 4.90 Å². The van der Waals surface area contributed by atoms with Crippen molar-refractivity contribution in [3.8, 4) is 0 Å². The van der Waals surface area contributed by atoms with Gasteiger partial charge in [-0.05, 0) is 39.4 Å². The summed E-state index contributed by atoms with van der Waals surface area (Å²) in [4.78, 5) is 2.52. The van der Waals surface area contributed by atoms with Crippen LogP contribution in [-0.2, 0) is 4.74 Å². The van der Waals surface area contributed by atoms with Crippen molar-refractivity contribution in [1.29, 1.82) is 0 Å². The topological polar surface area (TPSA) is 24.5 Å². The highest BCUT2D eigenvalue weighted by Crippen LogP contribution is 2.22. The third kappa shape index (κ3) is 2.93. The predicted octanol–water partition coefficient (Wildman–Crippen LogP) is 0.563. The Kier molecular flexibility index (Phi) is 4.70. The largest absolute Gasteiger partial charge is 0.383 e. The Labute approximate surface area is 81.4 Å². The van der Waals surface area contributed by atoms with E-state index in [0.29, 0.717) is 6.04 Å². The van der Waals surface area contributed by atoms with Crippen molar-refractivity contribution in [2.24, 2.45) is 5.92 Å². The first kappa shape index (κ1) is 11.0. The maximum Gasteiger partial charge on any atom is 0.0589 e. The van der Waals surface area contributed by atoms with Gasteiger partial charge < -0.3 is 10.1 Å². The first-order valence-corrected chi connectivity index (χ1v) is 5.17. The average Bonchev–Trinajstić information content (AvgIpc) is 2.46. The van der Waals surface area contributed by atoms with Gasteiger partial charge in [-0.1, -0.05) is 0 Å². The van der Waals surface area contributed by atoms with Gasteiger partial charge in [-0.2, -0.15) is 0 Å². The number of methoxy groups -OCH3 is 1. The fourth-order valence-electron chi connectivity index (χ4n) is 2.13. The van der Waals surface area contributed by atoms with Crippen LogP contribution < -0.4 is 5.32 Å². The molecule has 0 aromatic carbocycles. The molecule has 0 radical (unpaired) electrons. The van der Waals surface area contributed by atoms with E-state index in [1.54, 1.807) is 7.11 Å². The van der Waals surface area contributed by atoms with Crippen LogP contribution in [0.25, 0.3) is 0 Å². The summed E-state index contributed by atoms with van der Waals surface area (Å²) >= 11 is 0. The Bertz CT molecular complexity index is 141. The lowest BCUT2D eigenvalue weighted by Crippen LogP contribution is -2.35. The van der Waals surface area contributed by atoms with E-state index in [1.165, 1.54) is 13.0 Å². The van der Waals surface area contributed by atoms with E-state index in [9.17, 15) is 0 Å². The molecule has 1 heterocycles. The predicted molar refractivity (Wildman–Crippen MR) is 54.9 cm³/mol. The van der Waals surface area contributed by atoms with E-state index in [4.69, 9.17) is 4.74 Å². The van der Waals surface area contributed by atoms with Gasteiger partial charge in [-0.25, -0.2) is 0 Å². The molecular weight excluding hydrogens is 164 g/mol. The number of nitrogens with zero attached hydrogens (tertiary/aromatic N) is 1. The van der Waals surface area contributed by atoms with Gasteiger partial charge in [0.05, 0.1) is 6.61 Å². The molecule has 2 atom stereocenters. The molecule has 13 heavy (non-hydrogen) atoms. The van der Waals surface area contributed by atoms with Crippen molar-refractivity contribution in [3.63, 3.8) is 0 Å². The minimum atomic E-state index is 0.711. The molecule has 78 valence electrons. The van der Waals surface area contributed by atoms with Crippen LogP contribution in [0.3, 0.4) is 0 Å². The van der Waals surface area contributed by atoms with E-state index in [2.05, 4.69) is 17.1 Å². The second-order valence-corrected chi connectivity index (χ2v) is 3.88. The molecule has 1 aliphatic heterocycles. The maximum atomic E-state index is 5.09. The molecule has 1 N–H and O–H groups in total. The number of nitrogens with one attached hydrogen (secondary N) is 1. The molecule has 0 bridgehead atoms. The van der Waals surface area contributed by atoms with Gasteiger partial charge >= 0.3 is 0 Å². The zero-order valence-corrected chi connectivity index (χ0v) is 9.05. The lowest BCUT2D eigenvalue weighted by molar-refractivity contribution is 0.138. The molecule has 2 unspecified atom stereocenters. The third-order valence-electron chi connectivity index (χ3n) is 3.09. The van der Waals surface area contributed by atoms with E-state index >= 15 is 0 Å². The SMILES string of the molecule is CNCC1CCN(CCOC)C1C. The molecular formula is C10H22N2O. The van der Waals surface area contributed by atoms with Gasteiger partial charge in [-0.15, -0.1) is 0 Å². The van der Waals surface area contributed by atoms with E-state index in [1.807, 2.05) is 7.05 Å². The standard InChI is InChI=1S/C10H22N2O/c1-9-10(8-11-2)4-5-12(9)6-7-13-3/h9-11H,4-8H2,1-3H3. The molecule has 1 saturated heterocycles. The first-order valence-electron chi connectivity index (χ1n) is 5.17. The summed E-state index contributed by atoms with van der Waals surface area (Å²) < 4.78 is 5.09. The molecule has 0 aromatic heterocycles. The van der Waals surface area contributed by atoms with Gasteiger partial charge in [0.1, 0.15) is 0 Å². The summed E-state index contributed by atoms with van der Waals surface area (Å²) in [5.41, 5.74) is 0. The summed E-state index contributed by atoms with van der Waals surface area (Å²) in [6, 6.07) is 0.711. The Hall–Kier alpha value is -0.120. The smallest absolute Gasteiger partial charge is 0.0589 e. The molecule has 0 aliphatic carbocycles. The third-order valence-corrected chi connectivity index (χ3v) is 3.09. The number of rotatable bonds is 5. The van der Waals surface area contributed by atoms with Gasteiger partial charge in [0.15, 0.2) is 0 Å². The molecule has 0 saturated carbocycles. The fraction of sp³-hybridized carbons (Fsp3) is 1.00. The summed E-state index contributed by atoms with van der Waals surface area (Å²) in [5, 5.41) is 3.26. The number of hydrogen-bond donors (Lipinski definition) is 1. The molecule has 0 aromatic rings. The van der Waals surface area contributed by atoms with Crippen molar-refractivity contribution in [3.05, 3.63) is 0 Å². The van der Waals surface area contributed by atoms with Crippen LogP contribution in [0.15, 0.2) is 0 Å². The molecule has 1 rings (SSSR count). The van der Waals surface area contributed by atoms with Gasteiger partial charge in [0.25, 0.3) is 0 Å². The van der Waals surface area contributed by atoms with E-state index in [-0.39, 0.29) is 0 Å². The highest BCUT2D eigenvalue weighted by Gasteiger charge is 2.29. The van der Waals surface area contributed by atoms with Crippen LogP contribution >= 0.6 is 0 Å². The van der Waals surface area contributed by atoms with Gasteiger partial charge in [0, 0.05) is 19.7 Å².